The van der Waals surface area contributed by atoms with E-state index in [0.717, 1.165) is 37.4 Å². The fourth-order valence-corrected chi connectivity index (χ4v) is 3.34. The standard InChI is InChI=1S/C20H21FN4O/c1-24-8-10-25(11-9-24)19-7-6-14(12-17(19)21)22-13-16-15-4-2-3-5-18(15)23-20(16)26/h2-7,12-13,22H,8-11H2,1H3,(H,23,26). The number of hydrogen-bond donors (Lipinski definition) is 2. The summed E-state index contributed by atoms with van der Waals surface area (Å²) in [7, 11) is 2.07. The van der Waals surface area contributed by atoms with Gasteiger partial charge in [0.15, 0.2) is 0 Å². The molecule has 0 aliphatic carbocycles. The molecule has 1 fully saturated rings. The Labute approximate surface area is 152 Å². The van der Waals surface area contributed by atoms with Crippen molar-refractivity contribution in [2.75, 3.05) is 48.8 Å². The predicted octanol–water partition coefficient (Wildman–Crippen LogP) is 2.98. The van der Waals surface area contributed by atoms with E-state index in [0.29, 0.717) is 16.9 Å². The molecule has 2 aromatic rings. The molecular formula is C20H21FN4O. The van der Waals surface area contributed by atoms with Crippen LogP contribution in [-0.2, 0) is 4.79 Å². The van der Waals surface area contributed by atoms with Crippen molar-refractivity contribution < 1.29 is 9.18 Å². The number of anilines is 3. The molecule has 0 bridgehead atoms. The first-order valence-corrected chi connectivity index (χ1v) is 8.72. The number of fused-ring (bicyclic) bond motifs is 1. The quantitative estimate of drug-likeness (QED) is 0.834. The Morgan fingerprint density at radius 1 is 1.12 bits per heavy atom. The van der Waals surface area contributed by atoms with Gasteiger partial charge in [-0.15, -0.1) is 0 Å². The Bertz CT molecular complexity index is 872. The Balaban J connectivity index is 1.51. The number of likely N-dealkylation sites (N-methyl/N-ethyl adjacent to an activating group) is 1. The fraction of sp³-hybridized carbons (Fsp3) is 0.250. The lowest BCUT2D eigenvalue weighted by Crippen LogP contribution is -2.44. The number of nitrogens with one attached hydrogen (secondary N) is 2. The van der Waals surface area contributed by atoms with Crippen molar-refractivity contribution in [2.24, 2.45) is 0 Å². The lowest BCUT2D eigenvalue weighted by molar-refractivity contribution is -0.110. The summed E-state index contributed by atoms with van der Waals surface area (Å²) in [6, 6.07) is 12.6. The van der Waals surface area contributed by atoms with Crippen LogP contribution in [0.25, 0.3) is 5.57 Å². The van der Waals surface area contributed by atoms with Crippen LogP contribution in [0.2, 0.25) is 0 Å². The third-order valence-electron chi connectivity index (χ3n) is 4.88. The number of benzene rings is 2. The average Bonchev–Trinajstić information content (AvgIpc) is 2.96. The Morgan fingerprint density at radius 3 is 2.65 bits per heavy atom. The molecule has 1 saturated heterocycles. The van der Waals surface area contributed by atoms with Crippen molar-refractivity contribution in [3.8, 4) is 0 Å². The molecule has 0 radical (unpaired) electrons. The number of rotatable bonds is 3. The highest BCUT2D eigenvalue weighted by Crippen LogP contribution is 2.31. The topological polar surface area (TPSA) is 47.6 Å². The van der Waals surface area contributed by atoms with Gasteiger partial charge < -0.3 is 20.4 Å². The van der Waals surface area contributed by atoms with Crippen LogP contribution in [0.1, 0.15) is 5.56 Å². The minimum atomic E-state index is -0.255. The number of amides is 1. The van der Waals surface area contributed by atoms with Crippen molar-refractivity contribution in [3.63, 3.8) is 0 Å². The van der Waals surface area contributed by atoms with E-state index < -0.39 is 0 Å². The maximum Gasteiger partial charge on any atom is 0.257 e. The maximum absolute atomic E-state index is 14.6. The van der Waals surface area contributed by atoms with Gasteiger partial charge in [0.05, 0.1) is 11.3 Å². The first-order chi connectivity index (χ1) is 12.6. The van der Waals surface area contributed by atoms with Gasteiger partial charge in [0.1, 0.15) is 5.82 Å². The number of para-hydroxylation sites is 1. The maximum atomic E-state index is 14.6. The second kappa shape index (κ2) is 6.80. The number of nitrogens with zero attached hydrogens (tertiary/aromatic N) is 2. The molecule has 2 aliphatic heterocycles. The Hall–Kier alpha value is -2.86. The van der Waals surface area contributed by atoms with Crippen LogP contribution in [0.5, 0.6) is 0 Å². The molecule has 2 aromatic carbocycles. The molecule has 0 aromatic heterocycles. The highest BCUT2D eigenvalue weighted by Gasteiger charge is 2.23. The van der Waals surface area contributed by atoms with Crippen LogP contribution < -0.4 is 15.5 Å². The zero-order chi connectivity index (χ0) is 18.1. The van der Waals surface area contributed by atoms with Gasteiger partial charge >= 0.3 is 0 Å². The van der Waals surface area contributed by atoms with Gasteiger partial charge in [-0.2, -0.15) is 0 Å². The Morgan fingerprint density at radius 2 is 1.88 bits per heavy atom. The number of carbonyl (C=O) groups excluding carboxylic acids is 1. The first kappa shape index (κ1) is 16.6. The van der Waals surface area contributed by atoms with Crippen molar-refractivity contribution in [2.45, 2.75) is 0 Å². The molecule has 2 aliphatic rings. The largest absolute Gasteiger partial charge is 0.367 e. The van der Waals surface area contributed by atoms with Crippen LogP contribution in [0.15, 0.2) is 48.7 Å². The van der Waals surface area contributed by atoms with E-state index in [-0.39, 0.29) is 11.7 Å². The van der Waals surface area contributed by atoms with Gasteiger partial charge in [0, 0.05) is 49.3 Å². The summed E-state index contributed by atoms with van der Waals surface area (Å²) in [6.45, 7) is 3.50. The Kier molecular flexibility index (Phi) is 4.34. The van der Waals surface area contributed by atoms with E-state index in [4.69, 9.17) is 0 Å². The van der Waals surface area contributed by atoms with E-state index in [2.05, 4.69) is 27.5 Å². The molecule has 0 unspecified atom stereocenters. The van der Waals surface area contributed by atoms with E-state index >= 15 is 0 Å². The van der Waals surface area contributed by atoms with E-state index in [1.807, 2.05) is 30.3 Å². The number of carbonyl (C=O) groups is 1. The summed E-state index contributed by atoms with van der Waals surface area (Å²) < 4.78 is 14.6. The third-order valence-corrected chi connectivity index (χ3v) is 4.88. The smallest absolute Gasteiger partial charge is 0.257 e. The van der Waals surface area contributed by atoms with Gasteiger partial charge in [0.25, 0.3) is 5.91 Å². The summed E-state index contributed by atoms with van der Waals surface area (Å²) in [5, 5.41) is 5.87. The first-order valence-electron chi connectivity index (χ1n) is 8.72. The molecule has 2 N–H and O–H groups in total. The normalized spacial score (nSPS) is 18.8. The van der Waals surface area contributed by atoms with Crippen LogP contribution in [0, 0.1) is 5.82 Å². The zero-order valence-corrected chi connectivity index (χ0v) is 14.6. The van der Waals surface area contributed by atoms with Crippen molar-refractivity contribution in [1.82, 2.24) is 4.90 Å². The van der Waals surface area contributed by atoms with Gasteiger partial charge in [-0.1, -0.05) is 18.2 Å². The van der Waals surface area contributed by atoms with E-state index in [9.17, 15) is 9.18 Å². The molecule has 0 spiro atoms. The van der Waals surface area contributed by atoms with Gasteiger partial charge in [0.2, 0.25) is 0 Å². The van der Waals surface area contributed by atoms with Gasteiger partial charge in [-0.25, -0.2) is 4.39 Å². The molecule has 0 atom stereocenters. The van der Waals surface area contributed by atoms with Gasteiger partial charge in [-0.05, 0) is 31.3 Å². The summed E-state index contributed by atoms with van der Waals surface area (Å²) in [6.07, 6.45) is 1.63. The summed E-state index contributed by atoms with van der Waals surface area (Å²) in [5.41, 5.74) is 3.43. The van der Waals surface area contributed by atoms with Crippen LogP contribution in [0.4, 0.5) is 21.5 Å². The summed E-state index contributed by atoms with van der Waals surface area (Å²) in [4.78, 5) is 16.4. The minimum Gasteiger partial charge on any atom is -0.367 e. The summed E-state index contributed by atoms with van der Waals surface area (Å²) in [5.74, 6) is -0.414. The zero-order valence-electron chi connectivity index (χ0n) is 14.6. The minimum absolute atomic E-state index is 0.159. The fourth-order valence-electron chi connectivity index (χ4n) is 3.34. The van der Waals surface area contributed by atoms with Crippen LogP contribution in [0.3, 0.4) is 0 Å². The molecule has 134 valence electrons. The second-order valence-corrected chi connectivity index (χ2v) is 6.66. The average molecular weight is 352 g/mol. The molecule has 1 amide bonds. The second-order valence-electron chi connectivity index (χ2n) is 6.66. The van der Waals surface area contributed by atoms with Crippen molar-refractivity contribution >= 4 is 28.5 Å². The summed E-state index contributed by atoms with van der Waals surface area (Å²) >= 11 is 0. The number of hydrogen-bond acceptors (Lipinski definition) is 4. The molecule has 6 heteroatoms. The van der Waals surface area contributed by atoms with E-state index in [1.54, 1.807) is 12.3 Å². The molecule has 5 nitrogen and oxygen atoms in total. The number of halogens is 1. The van der Waals surface area contributed by atoms with E-state index in [1.165, 1.54) is 6.07 Å². The van der Waals surface area contributed by atoms with Crippen LogP contribution >= 0.6 is 0 Å². The van der Waals surface area contributed by atoms with Crippen molar-refractivity contribution in [3.05, 3.63) is 60.0 Å². The SMILES string of the molecule is CN1CCN(c2ccc(NC=C3C(=O)Nc4ccccc43)cc2F)CC1. The third kappa shape index (κ3) is 3.15. The lowest BCUT2D eigenvalue weighted by Gasteiger charge is -2.34. The van der Waals surface area contributed by atoms with Gasteiger partial charge in [-0.3, -0.25) is 4.79 Å². The highest BCUT2D eigenvalue weighted by molar-refractivity contribution is 6.31. The predicted molar refractivity (Wildman–Crippen MR) is 103 cm³/mol. The highest BCUT2D eigenvalue weighted by atomic mass is 19.1. The molecule has 26 heavy (non-hydrogen) atoms. The van der Waals surface area contributed by atoms with Crippen molar-refractivity contribution in [1.29, 1.82) is 0 Å². The molecule has 0 saturated carbocycles. The monoisotopic (exact) mass is 352 g/mol. The molecule has 4 rings (SSSR count). The van der Waals surface area contributed by atoms with Crippen LogP contribution in [-0.4, -0.2) is 44.0 Å². The number of piperazine rings is 1. The molecule has 2 heterocycles. The molecular weight excluding hydrogens is 331 g/mol. The lowest BCUT2D eigenvalue weighted by atomic mass is 10.1.